The maximum absolute atomic E-state index is 12.8. The number of hydrogen-bond acceptors (Lipinski definition) is 5. The molecule has 29 heavy (non-hydrogen) atoms. The minimum Gasteiger partial charge on any atom is -0.486 e. The fourth-order valence-corrected chi connectivity index (χ4v) is 3.89. The monoisotopic (exact) mass is 474 g/mol. The number of carbonyl (C=O) groups excluding carboxylic acids is 1. The van der Waals surface area contributed by atoms with Crippen molar-refractivity contribution >= 4 is 51.2 Å². The number of fused-ring (bicyclic) bond motifs is 1. The molecule has 0 spiro atoms. The van der Waals surface area contributed by atoms with Gasteiger partial charge in [0.1, 0.15) is 6.61 Å². The van der Waals surface area contributed by atoms with Crippen molar-refractivity contribution in [3.8, 4) is 0 Å². The quantitative estimate of drug-likeness (QED) is 0.402. The summed E-state index contributed by atoms with van der Waals surface area (Å²) in [6, 6.07) is 13.3. The van der Waals surface area contributed by atoms with Crippen LogP contribution in [-0.4, -0.2) is 24.3 Å². The van der Waals surface area contributed by atoms with Crippen LogP contribution in [0.2, 0.25) is 5.02 Å². The van der Waals surface area contributed by atoms with Gasteiger partial charge in [-0.2, -0.15) is 5.10 Å². The van der Waals surface area contributed by atoms with Crippen LogP contribution >= 0.6 is 27.5 Å². The first-order valence-electron chi connectivity index (χ1n) is 8.96. The first-order valence-corrected chi connectivity index (χ1v) is 10.1. The number of rotatable bonds is 5. The molecule has 0 amide bonds. The van der Waals surface area contributed by atoms with Crippen LogP contribution < -0.4 is 0 Å². The lowest BCUT2D eigenvalue weighted by molar-refractivity contribution is -0.137. The number of hydrogen-bond donors (Lipinski definition) is 0. The average Bonchev–Trinajstić information content (AvgIpc) is 2.74. The Bertz CT molecular complexity index is 1020. The van der Waals surface area contributed by atoms with Gasteiger partial charge in [0.15, 0.2) is 11.5 Å². The van der Waals surface area contributed by atoms with Gasteiger partial charge in [-0.3, -0.25) is 0 Å². The van der Waals surface area contributed by atoms with Crippen LogP contribution in [-0.2, 0) is 20.9 Å². The molecule has 0 atom stereocenters. The number of allylic oxidation sites excluding steroid dienone is 1. The predicted molar refractivity (Wildman–Crippen MR) is 119 cm³/mol. The van der Waals surface area contributed by atoms with Gasteiger partial charge in [-0.25, -0.2) is 9.80 Å². The van der Waals surface area contributed by atoms with Crippen LogP contribution in [0.25, 0.3) is 11.5 Å². The summed E-state index contributed by atoms with van der Waals surface area (Å²) in [6.45, 7) is 3.90. The Kier molecular flexibility index (Phi) is 6.77. The molecule has 0 aromatic heterocycles. The van der Waals surface area contributed by atoms with Crippen molar-refractivity contribution in [3.63, 3.8) is 0 Å². The Hall–Kier alpha value is -2.57. The van der Waals surface area contributed by atoms with E-state index in [1.54, 1.807) is 19.2 Å². The summed E-state index contributed by atoms with van der Waals surface area (Å²) in [5.74, 6) is -0.252. The minimum atomic E-state index is -0.570. The van der Waals surface area contributed by atoms with E-state index in [9.17, 15) is 4.79 Å². The second kappa shape index (κ2) is 9.29. The lowest BCUT2D eigenvalue weighted by Gasteiger charge is -2.33. The Labute approximate surface area is 183 Å². The lowest BCUT2D eigenvalue weighted by Crippen LogP contribution is -2.29. The highest BCUT2D eigenvalue weighted by atomic mass is 79.9. The van der Waals surface area contributed by atoms with E-state index >= 15 is 0 Å². The average molecular weight is 476 g/mol. The number of hydrazone groups is 1. The summed E-state index contributed by atoms with van der Waals surface area (Å²) < 4.78 is 12.0. The lowest BCUT2D eigenvalue weighted by atomic mass is 9.96. The van der Waals surface area contributed by atoms with Gasteiger partial charge in [0.2, 0.25) is 0 Å². The van der Waals surface area contributed by atoms with Crippen molar-refractivity contribution in [2.75, 3.05) is 7.11 Å². The van der Waals surface area contributed by atoms with Crippen LogP contribution in [0.3, 0.4) is 0 Å². The van der Waals surface area contributed by atoms with E-state index in [2.05, 4.69) is 21.0 Å². The third-order valence-electron chi connectivity index (χ3n) is 4.35. The molecule has 3 rings (SSSR count). The van der Waals surface area contributed by atoms with Crippen molar-refractivity contribution in [3.05, 3.63) is 80.4 Å². The Morgan fingerprint density at radius 2 is 1.90 bits per heavy atom. The Morgan fingerprint density at radius 3 is 2.52 bits per heavy atom. The normalized spacial score (nSPS) is 15.1. The first-order chi connectivity index (χ1) is 14.0. The maximum atomic E-state index is 12.8. The number of ether oxygens (including phenoxy) is 2. The molecular weight excluding hydrogens is 456 g/mol. The molecule has 1 heterocycles. The zero-order valence-electron chi connectivity index (χ0n) is 16.3. The second-order valence-electron chi connectivity index (χ2n) is 6.08. The van der Waals surface area contributed by atoms with E-state index in [1.807, 2.05) is 49.4 Å². The molecule has 2 aromatic carbocycles. The van der Waals surface area contributed by atoms with E-state index in [0.29, 0.717) is 22.0 Å². The fourth-order valence-electron chi connectivity index (χ4n) is 3.11. The number of carbonyl (C=O) groups is 1. The molecule has 0 saturated heterocycles. The molecule has 2 aromatic rings. The van der Waals surface area contributed by atoms with Gasteiger partial charge in [-0.1, -0.05) is 63.9 Å². The molecular formula is C22H20BrClN2O3. The van der Waals surface area contributed by atoms with Crippen molar-refractivity contribution in [2.24, 2.45) is 5.10 Å². The number of methoxy groups -OCH3 is 1. The van der Waals surface area contributed by atoms with Crippen molar-refractivity contribution < 1.29 is 14.3 Å². The molecule has 1 aliphatic rings. The number of nitrogens with zero attached hydrogens (tertiary/aromatic N) is 2. The molecule has 0 saturated carbocycles. The molecule has 7 heteroatoms. The summed E-state index contributed by atoms with van der Waals surface area (Å²) in [5, 5.41) is 6.39. The molecule has 150 valence electrons. The summed E-state index contributed by atoms with van der Waals surface area (Å²) in [6.07, 6.45) is 3.47. The summed E-state index contributed by atoms with van der Waals surface area (Å²) in [7, 11) is 1.32. The number of esters is 1. The molecule has 0 unspecified atom stereocenters. The Balaban J connectivity index is 2.27. The van der Waals surface area contributed by atoms with Gasteiger partial charge < -0.3 is 9.47 Å². The van der Waals surface area contributed by atoms with Gasteiger partial charge in [0, 0.05) is 21.8 Å². The van der Waals surface area contributed by atoms with E-state index in [0.717, 1.165) is 15.6 Å². The second-order valence-corrected chi connectivity index (χ2v) is 7.34. The summed E-state index contributed by atoms with van der Waals surface area (Å²) in [5.41, 5.74) is 3.23. The van der Waals surface area contributed by atoms with E-state index in [-0.39, 0.29) is 12.3 Å². The van der Waals surface area contributed by atoms with E-state index < -0.39 is 5.97 Å². The highest BCUT2D eigenvalue weighted by Crippen LogP contribution is 2.46. The SMILES string of the molecule is C/C=N\N1C(C(=O)OC)=C(OCc2ccccc2)c2c(Cl)ccc(Br)c2/C1=C\C. The van der Waals surface area contributed by atoms with Crippen LogP contribution in [0.4, 0.5) is 0 Å². The minimum absolute atomic E-state index is 0.169. The zero-order valence-corrected chi connectivity index (χ0v) is 18.6. The van der Waals surface area contributed by atoms with Crippen molar-refractivity contribution in [1.82, 2.24) is 5.01 Å². The Morgan fingerprint density at radius 1 is 1.17 bits per heavy atom. The first kappa shape index (κ1) is 21.1. The molecule has 5 nitrogen and oxygen atoms in total. The smallest absolute Gasteiger partial charge is 0.360 e. The molecule has 1 aliphatic heterocycles. The van der Waals surface area contributed by atoms with Gasteiger partial charge in [0.05, 0.1) is 17.8 Å². The van der Waals surface area contributed by atoms with Crippen LogP contribution in [0.15, 0.2) is 63.8 Å². The summed E-state index contributed by atoms with van der Waals surface area (Å²) in [4.78, 5) is 12.8. The molecule has 0 N–H and O–H groups in total. The van der Waals surface area contributed by atoms with Gasteiger partial charge in [-0.15, -0.1) is 0 Å². The summed E-state index contributed by atoms with van der Waals surface area (Å²) >= 11 is 10.2. The van der Waals surface area contributed by atoms with Crippen LogP contribution in [0.5, 0.6) is 0 Å². The predicted octanol–water partition coefficient (Wildman–Crippen LogP) is 5.84. The highest BCUT2D eigenvalue weighted by molar-refractivity contribution is 9.10. The highest BCUT2D eigenvalue weighted by Gasteiger charge is 2.37. The van der Waals surface area contributed by atoms with Gasteiger partial charge in [-0.05, 0) is 31.5 Å². The van der Waals surface area contributed by atoms with Gasteiger partial charge >= 0.3 is 5.97 Å². The van der Waals surface area contributed by atoms with Crippen LogP contribution in [0, 0.1) is 0 Å². The van der Waals surface area contributed by atoms with Gasteiger partial charge in [0.25, 0.3) is 0 Å². The van der Waals surface area contributed by atoms with E-state index in [1.165, 1.54) is 12.1 Å². The third kappa shape index (κ3) is 4.09. The number of halogens is 2. The van der Waals surface area contributed by atoms with E-state index in [4.69, 9.17) is 21.1 Å². The van der Waals surface area contributed by atoms with Crippen molar-refractivity contribution in [2.45, 2.75) is 20.5 Å². The fraction of sp³-hybridized carbons (Fsp3) is 0.182. The molecule has 0 bridgehead atoms. The topological polar surface area (TPSA) is 51.1 Å². The molecule has 0 radical (unpaired) electrons. The third-order valence-corrected chi connectivity index (χ3v) is 5.33. The standard InChI is InChI=1S/C22H20BrClN2O3/c1-4-17-18-15(23)11-12-16(24)19(18)21(29-13-14-9-7-6-8-10-14)20(22(27)28-3)26(17)25-5-2/h4-12H,13H2,1-3H3/b17-4+,25-5-. The molecule has 0 fully saturated rings. The molecule has 0 aliphatic carbocycles. The van der Waals surface area contributed by atoms with Crippen molar-refractivity contribution in [1.29, 1.82) is 0 Å². The largest absolute Gasteiger partial charge is 0.486 e. The van der Waals surface area contributed by atoms with Crippen LogP contribution in [0.1, 0.15) is 30.5 Å². The number of benzene rings is 2. The maximum Gasteiger partial charge on any atom is 0.360 e. The zero-order chi connectivity index (χ0) is 21.0.